The van der Waals surface area contributed by atoms with Crippen molar-refractivity contribution < 1.29 is 13.9 Å². The minimum Gasteiger partial charge on any atom is -0.483 e. The van der Waals surface area contributed by atoms with Gasteiger partial charge in [0.2, 0.25) is 0 Å². The van der Waals surface area contributed by atoms with E-state index in [9.17, 15) is 4.79 Å². The summed E-state index contributed by atoms with van der Waals surface area (Å²) in [5.41, 5.74) is 4.74. The van der Waals surface area contributed by atoms with Crippen molar-refractivity contribution in [2.45, 2.75) is 40.0 Å². The first kappa shape index (κ1) is 19.5. The average Bonchev–Trinajstić information content (AvgIpc) is 2.98. The van der Waals surface area contributed by atoms with Crippen LogP contribution < -0.4 is 10.2 Å². The Morgan fingerprint density at radius 2 is 2.00 bits per heavy atom. The molecule has 0 radical (unpaired) electrons. The molecule has 5 heteroatoms. The fraction of sp³-hybridized carbons (Fsp3) is 0.333. The van der Waals surface area contributed by atoms with E-state index < -0.39 is 0 Å². The number of rotatable bonds is 6. The third-order valence-corrected chi connectivity index (χ3v) is 3.77. The fourth-order valence-corrected chi connectivity index (χ4v) is 2.29. The Kier molecular flexibility index (Phi) is 6.39. The Balaban J connectivity index is 1.80. The van der Waals surface area contributed by atoms with Crippen molar-refractivity contribution in [1.29, 1.82) is 0 Å². The number of benzene rings is 1. The third-order valence-electron chi connectivity index (χ3n) is 3.77. The van der Waals surface area contributed by atoms with Crippen molar-refractivity contribution in [2.24, 2.45) is 5.10 Å². The number of amides is 1. The molecule has 0 aliphatic rings. The van der Waals surface area contributed by atoms with Crippen molar-refractivity contribution in [2.75, 3.05) is 6.61 Å². The van der Waals surface area contributed by atoms with Gasteiger partial charge in [0.1, 0.15) is 17.3 Å². The van der Waals surface area contributed by atoms with E-state index in [4.69, 9.17) is 9.15 Å². The molecule has 0 saturated heterocycles. The van der Waals surface area contributed by atoms with Gasteiger partial charge in [0.15, 0.2) is 6.61 Å². The molecular formula is C21H26N2O3. The van der Waals surface area contributed by atoms with Gasteiger partial charge in [-0.05, 0) is 60.7 Å². The molecule has 1 heterocycles. The zero-order chi connectivity index (χ0) is 19.2. The molecule has 1 aromatic heterocycles. The highest BCUT2D eigenvalue weighted by Crippen LogP contribution is 2.27. The largest absolute Gasteiger partial charge is 0.483 e. The number of hydrogen-bond donors (Lipinski definition) is 1. The van der Waals surface area contributed by atoms with Gasteiger partial charge in [-0.2, -0.15) is 5.10 Å². The lowest BCUT2D eigenvalue weighted by atomic mass is 9.86. The molecule has 0 atom stereocenters. The number of furan rings is 1. The average molecular weight is 354 g/mol. The lowest BCUT2D eigenvalue weighted by molar-refractivity contribution is -0.123. The standard InChI is InChI=1S/C21H26N2O3/c1-15-13-17(21(3,4)5)9-11-19(15)25-14-20(24)23-22-12-6-7-18-10-8-16(2)26-18/h6-13H,14H2,1-5H3,(H,23,24)/b7-6+,22-12?. The molecule has 0 aliphatic heterocycles. The first-order valence-corrected chi connectivity index (χ1v) is 8.54. The molecule has 26 heavy (non-hydrogen) atoms. The fourth-order valence-electron chi connectivity index (χ4n) is 2.29. The number of nitrogens with zero attached hydrogens (tertiary/aromatic N) is 1. The molecule has 5 nitrogen and oxygen atoms in total. The molecule has 138 valence electrons. The summed E-state index contributed by atoms with van der Waals surface area (Å²) < 4.78 is 11.0. The van der Waals surface area contributed by atoms with Crippen LogP contribution in [0, 0.1) is 13.8 Å². The van der Waals surface area contributed by atoms with Crippen molar-refractivity contribution in [1.82, 2.24) is 5.43 Å². The van der Waals surface area contributed by atoms with E-state index in [0.29, 0.717) is 5.75 Å². The first-order chi connectivity index (χ1) is 12.3. The van der Waals surface area contributed by atoms with Crippen LogP contribution in [-0.4, -0.2) is 18.7 Å². The molecule has 1 N–H and O–H groups in total. The summed E-state index contributed by atoms with van der Waals surface area (Å²) in [6.45, 7) is 10.2. The summed E-state index contributed by atoms with van der Waals surface area (Å²) in [6, 6.07) is 9.76. The second-order valence-corrected chi connectivity index (χ2v) is 7.14. The van der Waals surface area contributed by atoms with E-state index in [1.165, 1.54) is 11.8 Å². The number of nitrogens with one attached hydrogen (secondary N) is 1. The predicted octanol–water partition coefficient (Wildman–Crippen LogP) is 4.39. The molecule has 1 amide bonds. The van der Waals surface area contributed by atoms with Crippen LogP contribution in [0.3, 0.4) is 0 Å². The van der Waals surface area contributed by atoms with Crippen molar-refractivity contribution in [3.8, 4) is 5.75 Å². The van der Waals surface area contributed by atoms with Crippen LogP contribution in [0.2, 0.25) is 0 Å². The number of hydrogen-bond acceptors (Lipinski definition) is 4. The van der Waals surface area contributed by atoms with Gasteiger partial charge in [0.25, 0.3) is 5.91 Å². The predicted molar refractivity (Wildman–Crippen MR) is 104 cm³/mol. The van der Waals surface area contributed by atoms with Crippen LogP contribution in [-0.2, 0) is 10.2 Å². The number of ether oxygens (including phenoxy) is 1. The summed E-state index contributed by atoms with van der Waals surface area (Å²) in [5, 5.41) is 3.84. The number of carbonyl (C=O) groups is 1. The lowest BCUT2D eigenvalue weighted by Crippen LogP contribution is -2.24. The van der Waals surface area contributed by atoms with E-state index in [1.54, 1.807) is 12.2 Å². The van der Waals surface area contributed by atoms with Gasteiger partial charge in [0.05, 0.1) is 0 Å². The second kappa shape index (κ2) is 8.52. The molecule has 0 spiro atoms. The highest BCUT2D eigenvalue weighted by atomic mass is 16.5. The van der Waals surface area contributed by atoms with Gasteiger partial charge in [-0.15, -0.1) is 0 Å². The topological polar surface area (TPSA) is 63.8 Å². The summed E-state index contributed by atoms with van der Waals surface area (Å²) in [5.74, 6) is 1.96. The highest BCUT2D eigenvalue weighted by Gasteiger charge is 2.15. The summed E-state index contributed by atoms with van der Waals surface area (Å²) in [7, 11) is 0. The third kappa shape index (κ3) is 5.92. The van der Waals surface area contributed by atoms with Crippen molar-refractivity contribution in [3.05, 3.63) is 59.1 Å². The number of hydrazone groups is 1. The molecule has 0 aliphatic carbocycles. The smallest absolute Gasteiger partial charge is 0.277 e. The molecule has 1 aromatic carbocycles. The van der Waals surface area contributed by atoms with Crippen molar-refractivity contribution in [3.63, 3.8) is 0 Å². The summed E-state index contributed by atoms with van der Waals surface area (Å²) in [4.78, 5) is 11.8. The van der Waals surface area contributed by atoms with Crippen LogP contribution in [0.4, 0.5) is 0 Å². The maximum Gasteiger partial charge on any atom is 0.277 e. The SMILES string of the molecule is Cc1ccc(/C=C/C=NNC(=O)COc2ccc(C(C)(C)C)cc2C)o1. The van der Waals surface area contributed by atoms with Gasteiger partial charge in [-0.1, -0.05) is 32.9 Å². The minimum atomic E-state index is -0.317. The van der Waals surface area contributed by atoms with Gasteiger partial charge in [-0.3, -0.25) is 4.79 Å². The van der Waals surface area contributed by atoms with E-state index in [-0.39, 0.29) is 17.9 Å². The van der Waals surface area contributed by atoms with E-state index >= 15 is 0 Å². The normalized spacial score (nSPS) is 12.0. The van der Waals surface area contributed by atoms with Gasteiger partial charge >= 0.3 is 0 Å². The van der Waals surface area contributed by atoms with Crippen LogP contribution in [0.1, 0.15) is 43.4 Å². The molecule has 2 rings (SSSR count). The monoisotopic (exact) mass is 354 g/mol. The highest BCUT2D eigenvalue weighted by molar-refractivity contribution is 5.81. The van der Waals surface area contributed by atoms with E-state index in [2.05, 4.69) is 37.4 Å². The zero-order valence-corrected chi connectivity index (χ0v) is 16.0. The molecule has 0 unspecified atom stereocenters. The Morgan fingerprint density at radius 3 is 2.62 bits per heavy atom. The summed E-state index contributed by atoms with van der Waals surface area (Å²) in [6.07, 6.45) is 4.94. The zero-order valence-electron chi connectivity index (χ0n) is 16.0. The van der Waals surface area contributed by atoms with Gasteiger partial charge in [-0.25, -0.2) is 5.43 Å². The Bertz CT molecular complexity index is 811. The molecule has 0 saturated carbocycles. The quantitative estimate of drug-likeness (QED) is 0.618. The van der Waals surface area contributed by atoms with Crippen molar-refractivity contribution >= 4 is 18.2 Å². The maximum absolute atomic E-state index is 11.8. The molecule has 0 bridgehead atoms. The summed E-state index contributed by atoms with van der Waals surface area (Å²) >= 11 is 0. The molecule has 0 fully saturated rings. The Morgan fingerprint density at radius 1 is 1.23 bits per heavy atom. The first-order valence-electron chi connectivity index (χ1n) is 8.54. The lowest BCUT2D eigenvalue weighted by Gasteiger charge is -2.20. The number of carbonyl (C=O) groups excluding carboxylic acids is 1. The maximum atomic E-state index is 11.8. The van der Waals surface area contributed by atoms with Gasteiger partial charge in [0, 0.05) is 6.21 Å². The number of allylic oxidation sites excluding steroid dienone is 1. The Labute approximate surface area is 154 Å². The van der Waals surface area contributed by atoms with Crippen LogP contribution in [0.5, 0.6) is 5.75 Å². The minimum absolute atomic E-state index is 0.0806. The van der Waals surface area contributed by atoms with Crippen LogP contribution >= 0.6 is 0 Å². The Hall–Kier alpha value is -2.82. The second-order valence-electron chi connectivity index (χ2n) is 7.14. The van der Waals surface area contributed by atoms with E-state index in [0.717, 1.165) is 17.1 Å². The van der Waals surface area contributed by atoms with Crippen LogP contribution in [0.25, 0.3) is 6.08 Å². The molecule has 2 aromatic rings. The van der Waals surface area contributed by atoms with E-state index in [1.807, 2.05) is 38.1 Å². The number of aryl methyl sites for hydroxylation is 2. The van der Waals surface area contributed by atoms with Crippen LogP contribution in [0.15, 0.2) is 45.9 Å². The van der Waals surface area contributed by atoms with Gasteiger partial charge < -0.3 is 9.15 Å². The molecular weight excluding hydrogens is 328 g/mol.